The third-order valence-electron chi connectivity index (χ3n) is 3.12. The lowest BCUT2D eigenvalue weighted by molar-refractivity contribution is 0.139. The fraction of sp³-hybridized carbons (Fsp3) is 0.538. The first-order chi connectivity index (χ1) is 7.25. The Balaban J connectivity index is 0.00000128. The van der Waals surface area contributed by atoms with Gasteiger partial charge in [0.05, 0.1) is 0 Å². The number of hydrogen-bond donors (Lipinski definition) is 1. The lowest BCUT2D eigenvalue weighted by atomic mass is 10.1. The van der Waals surface area contributed by atoms with Gasteiger partial charge >= 0.3 is 0 Å². The Kier molecular flexibility index (Phi) is 5.26. The number of hydrogen-bond acceptors (Lipinski definition) is 2. The maximum absolute atomic E-state index is 3.51. The number of benzene rings is 1. The molecule has 0 aromatic heterocycles. The van der Waals surface area contributed by atoms with Crippen molar-refractivity contribution in [2.45, 2.75) is 32.5 Å². The monoisotopic (exact) mass is 240 g/mol. The van der Waals surface area contributed by atoms with E-state index >= 15 is 0 Å². The Morgan fingerprint density at radius 1 is 1.25 bits per heavy atom. The zero-order valence-electron chi connectivity index (χ0n) is 10.0. The van der Waals surface area contributed by atoms with Gasteiger partial charge in [-0.3, -0.25) is 4.90 Å². The molecule has 1 aliphatic rings. The van der Waals surface area contributed by atoms with Crippen LogP contribution in [0.3, 0.4) is 0 Å². The predicted molar refractivity (Wildman–Crippen MR) is 71.0 cm³/mol. The van der Waals surface area contributed by atoms with Gasteiger partial charge in [0.25, 0.3) is 0 Å². The molecule has 1 N–H and O–H groups in total. The quantitative estimate of drug-likeness (QED) is 0.854. The molecule has 0 aliphatic carbocycles. The first-order valence-corrected chi connectivity index (χ1v) is 5.77. The van der Waals surface area contributed by atoms with Crippen molar-refractivity contribution in [1.82, 2.24) is 10.2 Å². The van der Waals surface area contributed by atoms with E-state index in [0.29, 0.717) is 12.1 Å². The van der Waals surface area contributed by atoms with E-state index in [2.05, 4.69) is 54.4 Å². The molecule has 1 aromatic carbocycles. The van der Waals surface area contributed by atoms with Crippen molar-refractivity contribution in [2.24, 2.45) is 0 Å². The van der Waals surface area contributed by atoms with Gasteiger partial charge in [0.1, 0.15) is 0 Å². The summed E-state index contributed by atoms with van der Waals surface area (Å²) >= 11 is 0. The van der Waals surface area contributed by atoms with Gasteiger partial charge in [-0.25, -0.2) is 0 Å². The van der Waals surface area contributed by atoms with Crippen LogP contribution >= 0.6 is 12.4 Å². The highest BCUT2D eigenvalue weighted by molar-refractivity contribution is 5.85. The highest BCUT2D eigenvalue weighted by atomic mass is 35.5. The fourth-order valence-corrected chi connectivity index (χ4v) is 2.14. The average Bonchev–Trinajstić information content (AvgIpc) is 2.25. The minimum Gasteiger partial charge on any atom is -0.311 e. The van der Waals surface area contributed by atoms with Crippen molar-refractivity contribution in [3.8, 4) is 0 Å². The van der Waals surface area contributed by atoms with Gasteiger partial charge in [0.15, 0.2) is 0 Å². The van der Waals surface area contributed by atoms with Gasteiger partial charge in [0, 0.05) is 31.7 Å². The lowest BCUT2D eigenvalue weighted by Gasteiger charge is -2.37. The summed E-state index contributed by atoms with van der Waals surface area (Å²) in [5, 5.41) is 3.51. The molecular weight excluding hydrogens is 220 g/mol. The molecule has 1 aliphatic heterocycles. The Morgan fingerprint density at radius 3 is 2.62 bits per heavy atom. The third kappa shape index (κ3) is 3.48. The number of nitrogens with zero attached hydrogens (tertiary/aromatic N) is 1. The topological polar surface area (TPSA) is 15.3 Å². The van der Waals surface area contributed by atoms with Gasteiger partial charge in [-0.05, 0) is 19.4 Å². The van der Waals surface area contributed by atoms with Crippen LogP contribution in [0, 0.1) is 0 Å². The molecule has 0 amide bonds. The zero-order valence-corrected chi connectivity index (χ0v) is 10.8. The van der Waals surface area contributed by atoms with Crippen LogP contribution in [0.5, 0.6) is 0 Å². The summed E-state index contributed by atoms with van der Waals surface area (Å²) in [5.74, 6) is 0. The number of halogens is 1. The molecule has 3 heteroatoms. The van der Waals surface area contributed by atoms with Gasteiger partial charge in [-0.2, -0.15) is 0 Å². The minimum absolute atomic E-state index is 0. The van der Waals surface area contributed by atoms with E-state index in [9.17, 15) is 0 Å². The van der Waals surface area contributed by atoms with Crippen LogP contribution in [0.4, 0.5) is 0 Å². The summed E-state index contributed by atoms with van der Waals surface area (Å²) in [4.78, 5) is 2.55. The molecule has 1 heterocycles. The summed E-state index contributed by atoms with van der Waals surface area (Å²) < 4.78 is 0. The molecule has 16 heavy (non-hydrogen) atoms. The largest absolute Gasteiger partial charge is 0.311 e. The molecule has 90 valence electrons. The minimum atomic E-state index is 0. The second-order valence-corrected chi connectivity index (χ2v) is 4.57. The van der Waals surface area contributed by atoms with Crippen LogP contribution < -0.4 is 5.32 Å². The molecule has 2 rings (SSSR count). The van der Waals surface area contributed by atoms with Crippen LogP contribution in [-0.2, 0) is 6.54 Å². The average molecular weight is 241 g/mol. The molecule has 1 saturated heterocycles. The zero-order chi connectivity index (χ0) is 10.7. The Hall–Kier alpha value is -0.570. The summed E-state index contributed by atoms with van der Waals surface area (Å²) in [7, 11) is 0. The lowest BCUT2D eigenvalue weighted by Crippen LogP contribution is -2.53. The second-order valence-electron chi connectivity index (χ2n) is 4.57. The molecular formula is C13H21ClN2. The van der Waals surface area contributed by atoms with Crippen LogP contribution in [0.1, 0.15) is 19.4 Å². The summed E-state index contributed by atoms with van der Waals surface area (Å²) in [6.07, 6.45) is 0. The number of piperazine rings is 1. The van der Waals surface area contributed by atoms with Crippen molar-refractivity contribution in [3.05, 3.63) is 35.9 Å². The highest BCUT2D eigenvalue weighted by Crippen LogP contribution is 2.11. The highest BCUT2D eigenvalue weighted by Gasteiger charge is 2.21. The molecule has 2 atom stereocenters. The summed E-state index contributed by atoms with van der Waals surface area (Å²) in [5.41, 5.74) is 1.42. The Labute approximate surface area is 104 Å². The molecule has 0 spiro atoms. The van der Waals surface area contributed by atoms with Crippen LogP contribution in [0.25, 0.3) is 0 Å². The number of rotatable bonds is 2. The van der Waals surface area contributed by atoms with Gasteiger partial charge in [0.2, 0.25) is 0 Å². The molecule has 0 radical (unpaired) electrons. The second kappa shape index (κ2) is 6.24. The van der Waals surface area contributed by atoms with E-state index in [1.807, 2.05) is 0 Å². The molecule has 1 aromatic rings. The van der Waals surface area contributed by atoms with Crippen molar-refractivity contribution >= 4 is 12.4 Å². The van der Waals surface area contributed by atoms with E-state index in [0.717, 1.165) is 19.6 Å². The smallest absolute Gasteiger partial charge is 0.0237 e. The molecule has 0 bridgehead atoms. The Bertz CT molecular complexity index is 302. The first kappa shape index (κ1) is 13.5. The van der Waals surface area contributed by atoms with E-state index in [4.69, 9.17) is 0 Å². The maximum atomic E-state index is 3.51. The SMILES string of the molecule is C[C@H]1CN(Cc2ccccc2)[C@@H](C)CN1.Cl. The van der Waals surface area contributed by atoms with E-state index < -0.39 is 0 Å². The first-order valence-electron chi connectivity index (χ1n) is 5.77. The van der Waals surface area contributed by atoms with E-state index in [-0.39, 0.29) is 12.4 Å². The van der Waals surface area contributed by atoms with Crippen molar-refractivity contribution in [2.75, 3.05) is 13.1 Å². The standard InChI is InChI=1S/C13H20N2.ClH/c1-11-9-15(12(2)8-14-11)10-13-6-4-3-5-7-13;/h3-7,11-12,14H,8-10H2,1-2H3;1H/t11-,12-;/m0./s1. The third-order valence-corrected chi connectivity index (χ3v) is 3.12. The van der Waals surface area contributed by atoms with Crippen LogP contribution in [0.15, 0.2) is 30.3 Å². The van der Waals surface area contributed by atoms with Crippen molar-refractivity contribution in [3.63, 3.8) is 0 Å². The number of nitrogens with one attached hydrogen (secondary N) is 1. The van der Waals surface area contributed by atoms with E-state index in [1.165, 1.54) is 5.56 Å². The normalized spacial score (nSPS) is 26.1. The predicted octanol–water partition coefficient (Wildman–Crippen LogP) is 2.29. The summed E-state index contributed by atoms with van der Waals surface area (Å²) in [6, 6.07) is 12.0. The van der Waals surface area contributed by atoms with E-state index in [1.54, 1.807) is 0 Å². The van der Waals surface area contributed by atoms with Gasteiger partial charge in [-0.15, -0.1) is 12.4 Å². The summed E-state index contributed by atoms with van der Waals surface area (Å²) in [6.45, 7) is 7.88. The molecule has 0 unspecified atom stereocenters. The van der Waals surface area contributed by atoms with Gasteiger partial charge in [-0.1, -0.05) is 30.3 Å². The van der Waals surface area contributed by atoms with Crippen LogP contribution in [-0.4, -0.2) is 30.1 Å². The maximum Gasteiger partial charge on any atom is 0.0237 e. The fourth-order valence-electron chi connectivity index (χ4n) is 2.14. The Morgan fingerprint density at radius 2 is 1.94 bits per heavy atom. The van der Waals surface area contributed by atoms with Gasteiger partial charge < -0.3 is 5.32 Å². The molecule has 2 nitrogen and oxygen atoms in total. The van der Waals surface area contributed by atoms with Crippen molar-refractivity contribution < 1.29 is 0 Å². The molecule has 0 saturated carbocycles. The molecule has 1 fully saturated rings. The van der Waals surface area contributed by atoms with Crippen LogP contribution in [0.2, 0.25) is 0 Å². The van der Waals surface area contributed by atoms with Crippen molar-refractivity contribution in [1.29, 1.82) is 0 Å².